The van der Waals surface area contributed by atoms with Crippen molar-refractivity contribution in [1.82, 2.24) is 20.2 Å². The van der Waals surface area contributed by atoms with Crippen LogP contribution in [0.2, 0.25) is 0 Å². The summed E-state index contributed by atoms with van der Waals surface area (Å²) in [5, 5.41) is 10.6. The first-order valence-electron chi connectivity index (χ1n) is 9.33. The minimum absolute atomic E-state index is 0.117. The van der Waals surface area contributed by atoms with E-state index in [-0.39, 0.29) is 17.5 Å². The minimum Gasteiger partial charge on any atom is -0.487 e. The fourth-order valence-electron chi connectivity index (χ4n) is 3.04. The molecule has 0 atom stereocenters. The highest BCUT2D eigenvalue weighted by Crippen LogP contribution is 2.26. The summed E-state index contributed by atoms with van der Waals surface area (Å²) in [4.78, 5) is 23.0. The number of aromatic nitrogens is 4. The van der Waals surface area contributed by atoms with Crippen LogP contribution in [0, 0.1) is 11.6 Å². The first-order chi connectivity index (χ1) is 14.5. The Labute approximate surface area is 170 Å². The third-order valence-corrected chi connectivity index (χ3v) is 4.51. The van der Waals surface area contributed by atoms with Crippen LogP contribution in [0.5, 0.6) is 5.75 Å². The van der Waals surface area contributed by atoms with E-state index < -0.39 is 17.5 Å². The van der Waals surface area contributed by atoms with E-state index in [4.69, 9.17) is 4.74 Å². The summed E-state index contributed by atoms with van der Waals surface area (Å²) in [5.74, 6) is -1.31. The summed E-state index contributed by atoms with van der Waals surface area (Å²) >= 11 is 0. The molecule has 8 nitrogen and oxygen atoms in total. The molecule has 1 aliphatic heterocycles. The Kier molecular flexibility index (Phi) is 5.46. The number of carbonyl (C=O) groups is 1. The van der Waals surface area contributed by atoms with E-state index in [1.54, 1.807) is 6.07 Å². The van der Waals surface area contributed by atoms with E-state index in [0.29, 0.717) is 31.0 Å². The number of ether oxygens (including phenoxy) is 1. The Balaban J connectivity index is 1.43. The summed E-state index contributed by atoms with van der Waals surface area (Å²) < 4.78 is 32.2. The monoisotopic (exact) mass is 412 g/mol. The van der Waals surface area contributed by atoms with Gasteiger partial charge in [0, 0.05) is 30.6 Å². The molecule has 4 rings (SSSR count). The van der Waals surface area contributed by atoms with E-state index in [1.807, 2.05) is 11.8 Å². The van der Waals surface area contributed by atoms with Crippen molar-refractivity contribution in [3.63, 3.8) is 0 Å². The van der Waals surface area contributed by atoms with Gasteiger partial charge in [-0.25, -0.2) is 18.7 Å². The SMILES string of the molecule is CCc1cc(NC(=O)c2nccnc2N2CC(Oc3cc(F)cc(F)c3)C2)cnn1. The molecule has 0 bridgehead atoms. The number of benzene rings is 1. The van der Waals surface area contributed by atoms with Crippen molar-refractivity contribution in [2.45, 2.75) is 19.4 Å². The second-order valence-electron chi connectivity index (χ2n) is 6.72. The predicted molar refractivity (Wildman–Crippen MR) is 104 cm³/mol. The van der Waals surface area contributed by atoms with Crippen molar-refractivity contribution >= 4 is 17.4 Å². The molecular weight excluding hydrogens is 394 g/mol. The molecule has 1 amide bonds. The van der Waals surface area contributed by atoms with Gasteiger partial charge in [-0.15, -0.1) is 0 Å². The van der Waals surface area contributed by atoms with E-state index in [1.165, 1.54) is 18.6 Å². The van der Waals surface area contributed by atoms with Crippen LogP contribution >= 0.6 is 0 Å². The zero-order valence-electron chi connectivity index (χ0n) is 16.0. The van der Waals surface area contributed by atoms with Gasteiger partial charge in [0.05, 0.1) is 30.7 Å². The van der Waals surface area contributed by atoms with Crippen LogP contribution in [0.15, 0.2) is 42.9 Å². The number of hydrogen-bond donors (Lipinski definition) is 1. The molecule has 1 N–H and O–H groups in total. The van der Waals surface area contributed by atoms with E-state index >= 15 is 0 Å². The number of halogens is 2. The smallest absolute Gasteiger partial charge is 0.278 e. The Morgan fingerprint density at radius 2 is 1.90 bits per heavy atom. The van der Waals surface area contributed by atoms with Crippen molar-refractivity contribution in [2.75, 3.05) is 23.3 Å². The number of aryl methyl sites for hydroxylation is 1. The van der Waals surface area contributed by atoms with Gasteiger partial charge in [-0.3, -0.25) is 4.79 Å². The summed E-state index contributed by atoms with van der Waals surface area (Å²) in [6, 6.07) is 4.78. The molecule has 1 aliphatic rings. The summed E-state index contributed by atoms with van der Waals surface area (Å²) in [6.07, 6.45) is 4.78. The molecule has 0 spiro atoms. The van der Waals surface area contributed by atoms with E-state index in [0.717, 1.165) is 23.9 Å². The minimum atomic E-state index is -0.703. The lowest BCUT2D eigenvalue weighted by Gasteiger charge is -2.40. The lowest BCUT2D eigenvalue weighted by atomic mass is 10.1. The van der Waals surface area contributed by atoms with Crippen LogP contribution in [-0.4, -0.2) is 45.3 Å². The standard InChI is InChI=1S/C20H18F2N6O2/c1-2-14-8-15(9-25-27-14)26-20(29)18-19(24-4-3-23-18)28-10-17(11-28)30-16-6-12(21)5-13(22)7-16/h3-9,17H,2,10-11H2,1H3,(H,26,27,29). The number of hydrogen-bond acceptors (Lipinski definition) is 7. The topological polar surface area (TPSA) is 93.1 Å². The molecule has 30 heavy (non-hydrogen) atoms. The van der Waals surface area contributed by atoms with Gasteiger partial charge in [0.15, 0.2) is 11.5 Å². The summed E-state index contributed by atoms with van der Waals surface area (Å²) in [6.45, 7) is 2.73. The third-order valence-electron chi connectivity index (χ3n) is 4.51. The van der Waals surface area contributed by atoms with Crippen molar-refractivity contribution in [2.24, 2.45) is 0 Å². The quantitative estimate of drug-likeness (QED) is 0.665. The lowest BCUT2D eigenvalue weighted by molar-refractivity contribution is 0.102. The van der Waals surface area contributed by atoms with Gasteiger partial charge in [0.1, 0.15) is 23.5 Å². The molecule has 3 heterocycles. The number of amides is 1. The fourth-order valence-corrected chi connectivity index (χ4v) is 3.04. The molecule has 0 radical (unpaired) electrons. The van der Waals surface area contributed by atoms with Gasteiger partial charge >= 0.3 is 0 Å². The Bertz CT molecular complexity index is 1050. The molecule has 10 heteroatoms. The number of nitrogens with one attached hydrogen (secondary N) is 1. The van der Waals surface area contributed by atoms with Crippen LogP contribution in [0.1, 0.15) is 23.1 Å². The molecule has 3 aromatic rings. The molecule has 0 aliphatic carbocycles. The Morgan fingerprint density at radius 3 is 2.63 bits per heavy atom. The molecule has 1 aromatic carbocycles. The number of anilines is 2. The third kappa shape index (κ3) is 4.32. The highest BCUT2D eigenvalue weighted by molar-refractivity contribution is 6.06. The fraction of sp³-hybridized carbons (Fsp3) is 0.250. The zero-order chi connectivity index (χ0) is 21.1. The largest absolute Gasteiger partial charge is 0.487 e. The Hall–Kier alpha value is -3.69. The first-order valence-corrected chi connectivity index (χ1v) is 9.33. The average molecular weight is 412 g/mol. The molecule has 0 unspecified atom stereocenters. The molecule has 1 fully saturated rings. The molecule has 0 saturated carbocycles. The van der Waals surface area contributed by atoms with Gasteiger partial charge in [-0.2, -0.15) is 10.2 Å². The van der Waals surface area contributed by atoms with Crippen LogP contribution in [-0.2, 0) is 6.42 Å². The highest BCUT2D eigenvalue weighted by atomic mass is 19.1. The highest BCUT2D eigenvalue weighted by Gasteiger charge is 2.33. The maximum absolute atomic E-state index is 13.3. The Morgan fingerprint density at radius 1 is 1.17 bits per heavy atom. The second kappa shape index (κ2) is 8.36. The summed E-state index contributed by atoms with van der Waals surface area (Å²) in [5.41, 5.74) is 1.42. The normalized spacial score (nSPS) is 13.6. The average Bonchev–Trinajstić information content (AvgIpc) is 2.70. The lowest BCUT2D eigenvalue weighted by Crippen LogP contribution is -2.54. The van der Waals surface area contributed by atoms with Crippen molar-refractivity contribution in [3.05, 3.63) is 65.9 Å². The number of rotatable bonds is 6. The van der Waals surface area contributed by atoms with Crippen LogP contribution in [0.4, 0.5) is 20.3 Å². The molecular formula is C20H18F2N6O2. The molecule has 2 aromatic heterocycles. The van der Waals surface area contributed by atoms with Gasteiger partial charge in [0.25, 0.3) is 5.91 Å². The van der Waals surface area contributed by atoms with Gasteiger partial charge < -0.3 is 15.0 Å². The first kappa shape index (κ1) is 19.6. The van der Waals surface area contributed by atoms with Crippen molar-refractivity contribution < 1.29 is 18.3 Å². The van der Waals surface area contributed by atoms with E-state index in [2.05, 4.69) is 25.5 Å². The van der Waals surface area contributed by atoms with Gasteiger partial charge in [0.2, 0.25) is 0 Å². The second-order valence-corrected chi connectivity index (χ2v) is 6.72. The predicted octanol–water partition coefficient (Wildman–Crippen LogP) is 2.63. The maximum atomic E-state index is 13.3. The van der Waals surface area contributed by atoms with E-state index in [9.17, 15) is 13.6 Å². The summed E-state index contributed by atoms with van der Waals surface area (Å²) in [7, 11) is 0. The molecule has 154 valence electrons. The number of nitrogens with zero attached hydrogens (tertiary/aromatic N) is 5. The van der Waals surface area contributed by atoms with Gasteiger partial charge in [-0.05, 0) is 12.5 Å². The van der Waals surface area contributed by atoms with Gasteiger partial charge in [-0.1, -0.05) is 6.92 Å². The molecule has 1 saturated heterocycles. The maximum Gasteiger partial charge on any atom is 0.278 e. The van der Waals surface area contributed by atoms with Crippen molar-refractivity contribution in [1.29, 1.82) is 0 Å². The van der Waals surface area contributed by atoms with Crippen LogP contribution < -0.4 is 15.0 Å². The van der Waals surface area contributed by atoms with Crippen molar-refractivity contribution in [3.8, 4) is 5.75 Å². The number of carbonyl (C=O) groups excluding carboxylic acids is 1. The van der Waals surface area contributed by atoms with Crippen LogP contribution in [0.3, 0.4) is 0 Å². The zero-order valence-corrected chi connectivity index (χ0v) is 16.0. The van der Waals surface area contributed by atoms with Crippen LogP contribution in [0.25, 0.3) is 0 Å².